The molecule has 2 aliphatic heterocycles. The standard InChI is InChI=1S/C13H18N4O4/c14-12-10(17(18)19)1-2-11(16-12)21-9-7-13(20-8-9)3-5-15-6-4-13/h1-2,9,15H,3-8H2,(H2,14,16). The topological polar surface area (TPSA) is 113 Å². The maximum atomic E-state index is 10.7. The molecule has 0 aromatic carbocycles. The van der Waals surface area contributed by atoms with Crippen LogP contribution in [0.15, 0.2) is 12.1 Å². The lowest BCUT2D eigenvalue weighted by Crippen LogP contribution is -2.41. The molecule has 0 aliphatic carbocycles. The molecule has 3 rings (SSSR count). The number of rotatable bonds is 3. The number of pyridine rings is 1. The highest BCUT2D eigenvalue weighted by Gasteiger charge is 2.42. The molecule has 3 N–H and O–H groups in total. The average Bonchev–Trinajstić information content (AvgIpc) is 2.82. The fourth-order valence-electron chi connectivity index (χ4n) is 2.95. The Morgan fingerprint density at radius 2 is 2.24 bits per heavy atom. The molecule has 2 aliphatic rings. The van der Waals surface area contributed by atoms with Gasteiger partial charge in [-0.2, -0.15) is 4.98 Å². The van der Waals surface area contributed by atoms with Gasteiger partial charge in [0.2, 0.25) is 11.7 Å². The lowest BCUT2D eigenvalue weighted by atomic mass is 9.89. The number of nitrogen functional groups attached to an aromatic ring is 1. The van der Waals surface area contributed by atoms with Crippen molar-refractivity contribution in [2.24, 2.45) is 0 Å². The first-order valence-corrected chi connectivity index (χ1v) is 7.00. The predicted octanol–water partition coefficient (Wildman–Crippen LogP) is 0.862. The minimum atomic E-state index is -0.561. The van der Waals surface area contributed by atoms with Gasteiger partial charge < -0.3 is 20.5 Å². The Labute approximate surface area is 121 Å². The van der Waals surface area contributed by atoms with Crippen LogP contribution in [-0.2, 0) is 4.74 Å². The Bertz CT molecular complexity index is 545. The zero-order chi connectivity index (χ0) is 14.9. The molecule has 2 saturated heterocycles. The Balaban J connectivity index is 1.65. The molecule has 8 nitrogen and oxygen atoms in total. The second-order valence-corrected chi connectivity index (χ2v) is 5.50. The van der Waals surface area contributed by atoms with Gasteiger partial charge in [-0.25, -0.2) is 0 Å². The van der Waals surface area contributed by atoms with Gasteiger partial charge in [-0.15, -0.1) is 0 Å². The number of nitrogens with one attached hydrogen (secondary N) is 1. The van der Waals surface area contributed by atoms with Gasteiger partial charge in [0.1, 0.15) is 6.10 Å². The first-order valence-electron chi connectivity index (χ1n) is 7.00. The van der Waals surface area contributed by atoms with Crippen LogP contribution in [0.4, 0.5) is 11.5 Å². The van der Waals surface area contributed by atoms with Crippen LogP contribution in [0, 0.1) is 10.1 Å². The van der Waals surface area contributed by atoms with E-state index in [0.29, 0.717) is 12.5 Å². The molecule has 21 heavy (non-hydrogen) atoms. The molecule has 1 atom stereocenters. The highest BCUT2D eigenvalue weighted by atomic mass is 16.6. The highest BCUT2D eigenvalue weighted by molar-refractivity contribution is 5.53. The van der Waals surface area contributed by atoms with Crippen molar-refractivity contribution < 1.29 is 14.4 Å². The van der Waals surface area contributed by atoms with Crippen LogP contribution in [0.5, 0.6) is 5.88 Å². The molecular formula is C13H18N4O4. The summed E-state index contributed by atoms with van der Waals surface area (Å²) in [6.45, 7) is 2.42. The van der Waals surface area contributed by atoms with Crippen molar-refractivity contribution in [1.29, 1.82) is 0 Å². The van der Waals surface area contributed by atoms with E-state index in [2.05, 4.69) is 10.3 Å². The monoisotopic (exact) mass is 294 g/mol. The Hall–Kier alpha value is -1.93. The number of nitro groups is 1. The number of nitrogens with zero attached hydrogens (tertiary/aromatic N) is 2. The smallest absolute Gasteiger partial charge is 0.311 e. The number of nitrogens with two attached hydrogens (primary N) is 1. The number of hydrogen-bond donors (Lipinski definition) is 2. The van der Waals surface area contributed by atoms with Gasteiger partial charge in [0.05, 0.1) is 17.1 Å². The minimum absolute atomic E-state index is 0.0866. The average molecular weight is 294 g/mol. The zero-order valence-electron chi connectivity index (χ0n) is 11.6. The van der Waals surface area contributed by atoms with E-state index in [-0.39, 0.29) is 23.2 Å². The van der Waals surface area contributed by atoms with Crippen molar-refractivity contribution in [2.45, 2.75) is 31.0 Å². The maximum absolute atomic E-state index is 10.7. The highest BCUT2D eigenvalue weighted by Crippen LogP contribution is 2.35. The van der Waals surface area contributed by atoms with E-state index in [4.69, 9.17) is 15.2 Å². The molecule has 2 fully saturated rings. The molecule has 0 amide bonds. The van der Waals surface area contributed by atoms with Crippen molar-refractivity contribution in [2.75, 3.05) is 25.4 Å². The van der Waals surface area contributed by atoms with Gasteiger partial charge in [-0.3, -0.25) is 10.1 Å². The summed E-state index contributed by atoms with van der Waals surface area (Å²) in [5.74, 6) is 0.172. The first kappa shape index (κ1) is 14.0. The summed E-state index contributed by atoms with van der Waals surface area (Å²) < 4.78 is 11.7. The molecule has 8 heteroatoms. The summed E-state index contributed by atoms with van der Waals surface area (Å²) in [4.78, 5) is 14.1. The van der Waals surface area contributed by atoms with Crippen LogP contribution in [0.2, 0.25) is 0 Å². The van der Waals surface area contributed by atoms with Gasteiger partial charge in [-0.1, -0.05) is 0 Å². The summed E-state index contributed by atoms with van der Waals surface area (Å²) >= 11 is 0. The Morgan fingerprint density at radius 3 is 2.90 bits per heavy atom. The Kier molecular flexibility index (Phi) is 3.64. The summed E-state index contributed by atoms with van der Waals surface area (Å²) in [5, 5.41) is 14.0. The molecule has 0 saturated carbocycles. The molecule has 1 unspecified atom stereocenters. The maximum Gasteiger partial charge on any atom is 0.311 e. The second kappa shape index (κ2) is 5.45. The molecule has 1 spiro atoms. The van der Waals surface area contributed by atoms with E-state index < -0.39 is 4.92 Å². The van der Waals surface area contributed by atoms with Crippen LogP contribution in [0.3, 0.4) is 0 Å². The van der Waals surface area contributed by atoms with Gasteiger partial charge in [-0.05, 0) is 25.9 Å². The summed E-state index contributed by atoms with van der Waals surface area (Å²) in [7, 11) is 0. The summed E-state index contributed by atoms with van der Waals surface area (Å²) in [5.41, 5.74) is 5.26. The number of aromatic nitrogens is 1. The third-order valence-electron chi connectivity index (χ3n) is 4.05. The fourth-order valence-corrected chi connectivity index (χ4v) is 2.95. The summed E-state index contributed by atoms with van der Waals surface area (Å²) in [6.07, 6.45) is 2.68. The minimum Gasteiger partial charge on any atom is -0.472 e. The Morgan fingerprint density at radius 1 is 1.48 bits per heavy atom. The van der Waals surface area contributed by atoms with Crippen molar-refractivity contribution in [3.8, 4) is 5.88 Å². The normalized spacial score (nSPS) is 24.1. The van der Waals surface area contributed by atoms with Crippen molar-refractivity contribution >= 4 is 11.5 Å². The molecule has 0 bridgehead atoms. The molecule has 114 valence electrons. The van der Waals surface area contributed by atoms with E-state index in [1.54, 1.807) is 0 Å². The van der Waals surface area contributed by atoms with E-state index in [0.717, 1.165) is 32.4 Å². The predicted molar refractivity (Wildman–Crippen MR) is 75.1 cm³/mol. The van der Waals surface area contributed by atoms with Crippen molar-refractivity contribution in [3.63, 3.8) is 0 Å². The van der Waals surface area contributed by atoms with Crippen LogP contribution >= 0.6 is 0 Å². The summed E-state index contributed by atoms with van der Waals surface area (Å²) in [6, 6.07) is 2.79. The van der Waals surface area contributed by atoms with Gasteiger partial charge in [0.25, 0.3) is 0 Å². The molecule has 3 heterocycles. The van der Waals surface area contributed by atoms with E-state index in [1.165, 1.54) is 12.1 Å². The molecule has 0 radical (unpaired) electrons. The SMILES string of the molecule is Nc1nc(OC2COC3(CCNCC3)C2)ccc1[N+](=O)[O-]. The number of piperidine rings is 1. The van der Waals surface area contributed by atoms with Crippen molar-refractivity contribution in [1.82, 2.24) is 10.3 Å². The third kappa shape index (κ3) is 2.91. The third-order valence-corrected chi connectivity index (χ3v) is 4.05. The van der Waals surface area contributed by atoms with Crippen LogP contribution in [0.1, 0.15) is 19.3 Å². The van der Waals surface area contributed by atoms with Crippen molar-refractivity contribution in [3.05, 3.63) is 22.2 Å². The van der Waals surface area contributed by atoms with Gasteiger partial charge in [0.15, 0.2) is 0 Å². The van der Waals surface area contributed by atoms with Gasteiger partial charge in [0, 0.05) is 18.6 Å². The lowest BCUT2D eigenvalue weighted by Gasteiger charge is -2.32. The van der Waals surface area contributed by atoms with Crippen LogP contribution < -0.4 is 15.8 Å². The first-order chi connectivity index (χ1) is 10.1. The second-order valence-electron chi connectivity index (χ2n) is 5.50. The zero-order valence-corrected chi connectivity index (χ0v) is 11.6. The molecule has 1 aromatic rings. The molecule has 1 aromatic heterocycles. The number of anilines is 1. The quantitative estimate of drug-likeness (QED) is 0.628. The number of hydrogen-bond acceptors (Lipinski definition) is 7. The van der Waals surface area contributed by atoms with E-state index >= 15 is 0 Å². The van der Waals surface area contributed by atoms with Crippen LogP contribution in [-0.4, -0.2) is 41.3 Å². The molecular weight excluding hydrogens is 276 g/mol. The largest absolute Gasteiger partial charge is 0.472 e. The fraction of sp³-hybridized carbons (Fsp3) is 0.615. The lowest BCUT2D eigenvalue weighted by molar-refractivity contribution is -0.384. The number of ether oxygens (including phenoxy) is 2. The van der Waals surface area contributed by atoms with Gasteiger partial charge >= 0.3 is 5.69 Å². The van der Waals surface area contributed by atoms with E-state index in [9.17, 15) is 10.1 Å². The van der Waals surface area contributed by atoms with Crippen LogP contribution in [0.25, 0.3) is 0 Å². The van der Waals surface area contributed by atoms with E-state index in [1.807, 2.05) is 0 Å².